The van der Waals surface area contributed by atoms with E-state index in [9.17, 15) is 17.6 Å². The molecule has 0 saturated carbocycles. The van der Waals surface area contributed by atoms with Crippen LogP contribution in [0.15, 0.2) is 21.5 Å². The summed E-state index contributed by atoms with van der Waals surface area (Å²) in [6.45, 7) is 3.54. The molecule has 0 fully saturated rings. The van der Waals surface area contributed by atoms with Crippen LogP contribution in [0, 0.1) is 11.7 Å². The van der Waals surface area contributed by atoms with E-state index < -0.39 is 32.7 Å². The number of benzene rings is 1. The number of rotatable bonds is 7. The van der Waals surface area contributed by atoms with Crippen molar-refractivity contribution in [3.63, 3.8) is 0 Å². The summed E-state index contributed by atoms with van der Waals surface area (Å²) in [7, 11) is -3.01. The lowest BCUT2D eigenvalue weighted by Crippen LogP contribution is -2.41. The van der Waals surface area contributed by atoms with E-state index >= 15 is 0 Å². The number of aliphatic carboxylic acids is 1. The molecule has 0 aliphatic carbocycles. The first-order valence-electron chi connectivity index (χ1n) is 6.36. The Hall–Kier alpha value is -1.19. The third-order valence-corrected chi connectivity index (χ3v) is 4.90. The highest BCUT2D eigenvalue weighted by molar-refractivity contribution is 9.10. The summed E-state index contributed by atoms with van der Waals surface area (Å²) in [5.41, 5.74) is 0. The van der Waals surface area contributed by atoms with Gasteiger partial charge < -0.3 is 9.84 Å². The molecule has 0 bridgehead atoms. The fourth-order valence-electron chi connectivity index (χ4n) is 1.80. The molecule has 0 unspecified atom stereocenters. The molecular formula is C13H17BrFNO5S. The zero-order valence-electron chi connectivity index (χ0n) is 12.3. The summed E-state index contributed by atoms with van der Waals surface area (Å²) >= 11 is 2.93. The van der Waals surface area contributed by atoms with Crippen LogP contribution in [0.3, 0.4) is 0 Å². The van der Waals surface area contributed by atoms with Crippen LogP contribution >= 0.6 is 15.9 Å². The molecule has 0 heterocycles. The average molecular weight is 398 g/mol. The predicted molar refractivity (Wildman–Crippen MR) is 81.9 cm³/mol. The lowest BCUT2D eigenvalue weighted by Gasteiger charge is -2.18. The minimum absolute atomic E-state index is 0.0349. The number of hydrogen-bond acceptors (Lipinski definition) is 4. The van der Waals surface area contributed by atoms with Crippen molar-refractivity contribution in [2.24, 2.45) is 5.92 Å². The van der Waals surface area contributed by atoms with Gasteiger partial charge in [0.25, 0.3) is 0 Å². The Morgan fingerprint density at radius 2 is 2.05 bits per heavy atom. The van der Waals surface area contributed by atoms with Crippen molar-refractivity contribution >= 4 is 31.9 Å². The third-order valence-electron chi connectivity index (χ3n) is 2.80. The second-order valence-corrected chi connectivity index (χ2v) is 7.60. The van der Waals surface area contributed by atoms with Crippen LogP contribution in [-0.2, 0) is 14.8 Å². The summed E-state index contributed by atoms with van der Waals surface area (Å²) in [5.74, 6) is -2.22. The zero-order chi connectivity index (χ0) is 17.1. The fraction of sp³-hybridized carbons (Fsp3) is 0.462. The van der Waals surface area contributed by atoms with Gasteiger partial charge in [-0.1, -0.05) is 13.8 Å². The molecule has 0 spiro atoms. The molecule has 0 saturated heterocycles. The Morgan fingerprint density at radius 3 is 2.50 bits per heavy atom. The number of sulfonamides is 1. The van der Waals surface area contributed by atoms with Gasteiger partial charge in [0.1, 0.15) is 22.5 Å². The van der Waals surface area contributed by atoms with Gasteiger partial charge in [0.15, 0.2) is 0 Å². The van der Waals surface area contributed by atoms with Crippen LogP contribution in [0.25, 0.3) is 0 Å². The highest BCUT2D eigenvalue weighted by Crippen LogP contribution is 2.30. The van der Waals surface area contributed by atoms with Crippen LogP contribution in [0.4, 0.5) is 4.39 Å². The molecule has 6 nitrogen and oxygen atoms in total. The average Bonchev–Trinajstić information content (AvgIpc) is 2.39. The van der Waals surface area contributed by atoms with Gasteiger partial charge in [0, 0.05) is 0 Å². The van der Waals surface area contributed by atoms with Crippen LogP contribution in [0.5, 0.6) is 5.75 Å². The van der Waals surface area contributed by atoms with Crippen LogP contribution in [0.1, 0.15) is 20.3 Å². The maximum absolute atomic E-state index is 13.6. The van der Waals surface area contributed by atoms with Gasteiger partial charge in [-0.2, -0.15) is 4.72 Å². The SMILES string of the molecule is COc1cc(Br)c(F)cc1S(=O)(=O)N[C@H](CC(C)C)C(=O)O. The van der Waals surface area contributed by atoms with E-state index in [4.69, 9.17) is 9.84 Å². The first-order chi connectivity index (χ1) is 10.1. The lowest BCUT2D eigenvalue weighted by molar-refractivity contribution is -0.139. The second kappa shape index (κ2) is 7.38. The van der Waals surface area contributed by atoms with E-state index in [0.717, 1.165) is 6.07 Å². The molecule has 1 aromatic rings. The van der Waals surface area contributed by atoms with Gasteiger partial charge >= 0.3 is 5.97 Å². The molecule has 0 amide bonds. The van der Waals surface area contributed by atoms with Crippen molar-refractivity contribution in [3.8, 4) is 5.75 Å². The van der Waals surface area contributed by atoms with E-state index in [1.54, 1.807) is 13.8 Å². The normalized spacial score (nSPS) is 13.2. The Bertz CT molecular complexity index is 663. The van der Waals surface area contributed by atoms with Crippen molar-refractivity contribution < 1.29 is 27.4 Å². The summed E-state index contributed by atoms with van der Waals surface area (Å²) in [4.78, 5) is 10.7. The first-order valence-corrected chi connectivity index (χ1v) is 8.64. The van der Waals surface area contributed by atoms with E-state index in [2.05, 4.69) is 20.7 Å². The number of hydrogen-bond donors (Lipinski definition) is 2. The predicted octanol–water partition coefficient (Wildman–Crippen LogP) is 2.37. The molecule has 9 heteroatoms. The number of carboxylic acid groups (broad SMARTS) is 1. The third kappa shape index (κ3) is 4.65. The van der Waals surface area contributed by atoms with E-state index in [-0.39, 0.29) is 22.6 Å². The molecule has 1 aromatic carbocycles. The molecule has 0 aliphatic rings. The summed E-state index contributed by atoms with van der Waals surface area (Å²) < 4.78 is 45.3. The number of halogens is 2. The number of carbonyl (C=O) groups is 1. The largest absolute Gasteiger partial charge is 0.495 e. The van der Waals surface area contributed by atoms with Gasteiger partial charge in [-0.3, -0.25) is 4.79 Å². The van der Waals surface area contributed by atoms with Crippen molar-refractivity contribution in [2.45, 2.75) is 31.2 Å². The monoisotopic (exact) mass is 397 g/mol. The molecule has 2 N–H and O–H groups in total. The lowest BCUT2D eigenvalue weighted by atomic mass is 10.1. The number of methoxy groups -OCH3 is 1. The first kappa shape index (κ1) is 18.9. The van der Waals surface area contributed by atoms with Crippen LogP contribution in [-0.4, -0.2) is 32.6 Å². The maximum atomic E-state index is 13.6. The van der Waals surface area contributed by atoms with E-state index in [1.807, 2.05) is 0 Å². The molecular weight excluding hydrogens is 381 g/mol. The molecule has 1 rings (SSSR count). The Labute approximate surface area is 136 Å². The van der Waals surface area contributed by atoms with Crippen molar-refractivity contribution in [1.82, 2.24) is 4.72 Å². The molecule has 1 atom stereocenters. The smallest absolute Gasteiger partial charge is 0.321 e. The van der Waals surface area contributed by atoms with Crippen LogP contribution in [0.2, 0.25) is 0 Å². The quantitative estimate of drug-likeness (QED) is 0.736. The number of ether oxygens (including phenoxy) is 1. The standard InChI is InChI=1S/C13H17BrFNO5S/c1-7(2)4-10(13(17)18)16-22(19,20)12-6-9(15)8(14)5-11(12)21-3/h5-7,10,16H,4H2,1-3H3,(H,17,18)/t10-/m1/s1. The summed E-state index contributed by atoms with van der Waals surface area (Å²) in [5, 5.41) is 9.12. The molecule has 0 radical (unpaired) electrons. The summed E-state index contributed by atoms with van der Waals surface area (Å²) in [6, 6.07) is 0.642. The molecule has 0 aliphatic heterocycles. The highest BCUT2D eigenvalue weighted by Gasteiger charge is 2.29. The molecule has 22 heavy (non-hydrogen) atoms. The second-order valence-electron chi connectivity index (χ2n) is 5.06. The van der Waals surface area contributed by atoms with Gasteiger partial charge in [-0.05, 0) is 40.4 Å². The highest BCUT2D eigenvalue weighted by atomic mass is 79.9. The van der Waals surface area contributed by atoms with Gasteiger partial charge in [0.2, 0.25) is 10.0 Å². The topological polar surface area (TPSA) is 92.7 Å². The number of carboxylic acids is 1. The zero-order valence-corrected chi connectivity index (χ0v) is 14.7. The van der Waals surface area contributed by atoms with Gasteiger partial charge in [-0.25, -0.2) is 12.8 Å². The van der Waals surface area contributed by atoms with Crippen LogP contribution < -0.4 is 9.46 Å². The molecule has 0 aromatic heterocycles. The fourth-order valence-corrected chi connectivity index (χ4v) is 3.49. The minimum atomic E-state index is -4.25. The summed E-state index contributed by atoms with van der Waals surface area (Å²) in [6.07, 6.45) is 0.107. The number of nitrogens with one attached hydrogen (secondary N) is 1. The minimum Gasteiger partial charge on any atom is -0.495 e. The van der Waals surface area contributed by atoms with Crippen molar-refractivity contribution in [1.29, 1.82) is 0 Å². The van der Waals surface area contributed by atoms with Crippen molar-refractivity contribution in [3.05, 3.63) is 22.4 Å². The molecule has 124 valence electrons. The Kier molecular flexibility index (Phi) is 6.33. The van der Waals surface area contributed by atoms with E-state index in [1.165, 1.54) is 13.2 Å². The van der Waals surface area contributed by atoms with Gasteiger partial charge in [0.05, 0.1) is 11.6 Å². The van der Waals surface area contributed by atoms with E-state index in [0.29, 0.717) is 0 Å². The van der Waals surface area contributed by atoms with Gasteiger partial charge in [-0.15, -0.1) is 0 Å². The Morgan fingerprint density at radius 1 is 1.45 bits per heavy atom. The maximum Gasteiger partial charge on any atom is 0.321 e. The Balaban J connectivity index is 3.23. The van der Waals surface area contributed by atoms with Crippen molar-refractivity contribution in [2.75, 3.05) is 7.11 Å².